The first-order valence-corrected chi connectivity index (χ1v) is 14.1. The van der Waals surface area contributed by atoms with Crippen molar-refractivity contribution in [3.63, 3.8) is 0 Å². The molecule has 2 N–H and O–H groups in total. The van der Waals surface area contributed by atoms with Gasteiger partial charge in [-0.05, 0) is 50.6 Å². The van der Waals surface area contributed by atoms with Crippen molar-refractivity contribution in [1.82, 2.24) is 9.80 Å². The lowest BCUT2D eigenvalue weighted by Crippen LogP contribution is -2.47. The molecule has 2 aliphatic rings. The number of hydrogen-bond donors (Lipinski definition) is 2. The molecule has 0 radical (unpaired) electrons. The molecule has 0 bridgehead atoms. The van der Waals surface area contributed by atoms with Crippen molar-refractivity contribution in [2.24, 2.45) is 11.8 Å². The van der Waals surface area contributed by atoms with Gasteiger partial charge in [-0.3, -0.25) is 14.5 Å². The number of carbonyl (C=O) groups excluding carboxylic acids is 2. The Balaban J connectivity index is 1.57. The lowest BCUT2D eigenvalue weighted by atomic mass is 9.88. The van der Waals surface area contributed by atoms with Crippen LogP contribution < -0.4 is 10.1 Å². The SMILES string of the molecule is C[C@H](CO)N1C[C@H](C)[C@H](CN(C)Cc2ccccc2)Oc2ccc(NC(=O)C3CCCCC3)cc2CC1=O. The Labute approximate surface area is 227 Å². The molecule has 7 heteroatoms. The number of benzene rings is 2. The van der Waals surface area contributed by atoms with Crippen molar-refractivity contribution < 1.29 is 19.4 Å². The molecule has 1 heterocycles. The van der Waals surface area contributed by atoms with Crippen LogP contribution in [0.25, 0.3) is 0 Å². The number of rotatable bonds is 8. The maximum Gasteiger partial charge on any atom is 0.227 e. The van der Waals surface area contributed by atoms with Crippen LogP contribution in [0.4, 0.5) is 5.69 Å². The van der Waals surface area contributed by atoms with Gasteiger partial charge < -0.3 is 20.1 Å². The molecule has 1 fully saturated rings. The molecule has 7 nitrogen and oxygen atoms in total. The maximum absolute atomic E-state index is 13.4. The van der Waals surface area contributed by atoms with Crippen LogP contribution in [-0.4, -0.2) is 65.6 Å². The predicted molar refractivity (Wildman–Crippen MR) is 150 cm³/mol. The standard InChI is InChI=1S/C31H43N3O4/c1-22-18-34(23(2)21-35)30(36)17-26-16-27(32-31(37)25-12-8-5-9-13-25)14-15-28(26)38-29(22)20-33(3)19-24-10-6-4-7-11-24/h4,6-7,10-11,14-16,22-23,25,29,35H,5,8-9,12-13,17-21H2,1-3H3,(H,32,37)/t22-,23+,29-/m0/s1. The summed E-state index contributed by atoms with van der Waals surface area (Å²) in [6, 6.07) is 15.7. The molecular formula is C31H43N3O4. The summed E-state index contributed by atoms with van der Waals surface area (Å²) in [5.74, 6) is 0.792. The summed E-state index contributed by atoms with van der Waals surface area (Å²) in [6.07, 6.45) is 5.26. The van der Waals surface area contributed by atoms with Gasteiger partial charge in [0.25, 0.3) is 0 Å². The number of amides is 2. The Morgan fingerprint density at radius 2 is 1.89 bits per heavy atom. The van der Waals surface area contributed by atoms with E-state index in [1.54, 1.807) is 4.90 Å². The Kier molecular flexibility index (Phi) is 9.80. The van der Waals surface area contributed by atoms with E-state index in [1.807, 2.05) is 43.3 Å². The second-order valence-corrected chi connectivity index (χ2v) is 11.2. The first kappa shape index (κ1) is 28.1. The number of fused-ring (bicyclic) bond motifs is 1. The highest BCUT2D eigenvalue weighted by atomic mass is 16.5. The highest BCUT2D eigenvalue weighted by Crippen LogP contribution is 2.30. The fourth-order valence-corrected chi connectivity index (χ4v) is 5.60. The molecule has 0 saturated heterocycles. The summed E-state index contributed by atoms with van der Waals surface area (Å²) in [4.78, 5) is 30.3. The number of aliphatic hydroxyl groups excluding tert-OH is 1. The van der Waals surface area contributed by atoms with Gasteiger partial charge in [0.05, 0.1) is 19.1 Å². The molecule has 0 aromatic heterocycles. The fourth-order valence-electron chi connectivity index (χ4n) is 5.60. The molecule has 0 unspecified atom stereocenters. The lowest BCUT2D eigenvalue weighted by Gasteiger charge is -2.34. The van der Waals surface area contributed by atoms with Crippen LogP contribution in [0.3, 0.4) is 0 Å². The van der Waals surface area contributed by atoms with Gasteiger partial charge in [-0.15, -0.1) is 0 Å². The van der Waals surface area contributed by atoms with Crippen molar-refractivity contribution in [1.29, 1.82) is 0 Å². The lowest BCUT2D eigenvalue weighted by molar-refractivity contribution is -0.134. The minimum Gasteiger partial charge on any atom is -0.488 e. The minimum atomic E-state index is -0.289. The zero-order valence-electron chi connectivity index (χ0n) is 23.1. The first-order chi connectivity index (χ1) is 18.3. The van der Waals surface area contributed by atoms with E-state index in [0.29, 0.717) is 24.5 Å². The molecular weight excluding hydrogens is 478 g/mol. The number of likely N-dealkylation sites (N-methyl/N-ethyl adjacent to an activating group) is 1. The van der Waals surface area contributed by atoms with Crippen molar-refractivity contribution in [3.05, 3.63) is 59.7 Å². The van der Waals surface area contributed by atoms with Gasteiger partial charge in [-0.25, -0.2) is 0 Å². The highest BCUT2D eigenvalue weighted by molar-refractivity contribution is 5.93. The van der Waals surface area contributed by atoms with Crippen LogP contribution >= 0.6 is 0 Å². The maximum atomic E-state index is 13.4. The van der Waals surface area contributed by atoms with E-state index >= 15 is 0 Å². The number of nitrogens with zero attached hydrogens (tertiary/aromatic N) is 2. The zero-order valence-corrected chi connectivity index (χ0v) is 23.1. The second-order valence-electron chi connectivity index (χ2n) is 11.2. The summed E-state index contributed by atoms with van der Waals surface area (Å²) >= 11 is 0. The van der Waals surface area contributed by atoms with Crippen LogP contribution in [0.5, 0.6) is 5.75 Å². The Hall–Kier alpha value is -2.90. The third-order valence-electron chi connectivity index (χ3n) is 7.95. The van der Waals surface area contributed by atoms with Crippen LogP contribution in [0.2, 0.25) is 0 Å². The smallest absolute Gasteiger partial charge is 0.227 e. The number of hydrogen-bond acceptors (Lipinski definition) is 5. The van der Waals surface area contributed by atoms with Gasteiger partial charge in [0.1, 0.15) is 11.9 Å². The van der Waals surface area contributed by atoms with E-state index in [9.17, 15) is 14.7 Å². The highest BCUT2D eigenvalue weighted by Gasteiger charge is 2.31. The molecule has 4 rings (SSSR count). The van der Waals surface area contributed by atoms with Crippen LogP contribution in [0, 0.1) is 11.8 Å². The third-order valence-corrected chi connectivity index (χ3v) is 7.95. The minimum absolute atomic E-state index is 0.0442. The zero-order chi connectivity index (χ0) is 27.1. The van der Waals surface area contributed by atoms with Crippen molar-refractivity contribution in [2.75, 3.05) is 32.1 Å². The van der Waals surface area contributed by atoms with Gasteiger partial charge in [0.2, 0.25) is 11.8 Å². The molecule has 2 aromatic rings. The molecule has 1 aliphatic heterocycles. The topological polar surface area (TPSA) is 82.1 Å². The molecule has 1 aliphatic carbocycles. The Morgan fingerprint density at radius 3 is 2.61 bits per heavy atom. The van der Waals surface area contributed by atoms with E-state index in [-0.39, 0.29) is 48.8 Å². The Morgan fingerprint density at radius 1 is 1.16 bits per heavy atom. The van der Waals surface area contributed by atoms with E-state index in [0.717, 1.165) is 37.8 Å². The van der Waals surface area contributed by atoms with Crippen LogP contribution in [-0.2, 0) is 22.6 Å². The average molecular weight is 522 g/mol. The quantitative estimate of drug-likeness (QED) is 0.535. The van der Waals surface area contributed by atoms with E-state index in [1.165, 1.54) is 12.0 Å². The summed E-state index contributed by atoms with van der Waals surface area (Å²) in [5.41, 5.74) is 2.69. The monoisotopic (exact) mass is 521 g/mol. The number of aliphatic hydroxyl groups is 1. The van der Waals surface area contributed by atoms with Gasteiger partial charge in [-0.2, -0.15) is 0 Å². The van der Waals surface area contributed by atoms with Crippen molar-refractivity contribution in [3.8, 4) is 5.75 Å². The first-order valence-electron chi connectivity index (χ1n) is 14.1. The average Bonchev–Trinajstić information content (AvgIpc) is 2.97. The van der Waals surface area contributed by atoms with E-state index in [4.69, 9.17) is 4.74 Å². The largest absolute Gasteiger partial charge is 0.488 e. The summed E-state index contributed by atoms with van der Waals surface area (Å²) in [6.45, 7) is 5.87. The third kappa shape index (κ3) is 7.35. The number of nitrogens with one attached hydrogen (secondary N) is 1. The fraction of sp³-hybridized carbons (Fsp3) is 0.548. The molecule has 0 spiro atoms. The van der Waals surface area contributed by atoms with Gasteiger partial charge in [0.15, 0.2) is 0 Å². The van der Waals surface area contributed by atoms with E-state index < -0.39 is 0 Å². The molecule has 2 amide bonds. The molecule has 206 valence electrons. The normalized spacial score (nSPS) is 21.6. The summed E-state index contributed by atoms with van der Waals surface area (Å²) in [7, 11) is 2.08. The molecule has 3 atom stereocenters. The number of ether oxygens (including phenoxy) is 1. The van der Waals surface area contributed by atoms with Crippen molar-refractivity contribution >= 4 is 17.5 Å². The summed E-state index contributed by atoms with van der Waals surface area (Å²) < 4.78 is 6.63. The summed E-state index contributed by atoms with van der Waals surface area (Å²) in [5, 5.41) is 13.0. The van der Waals surface area contributed by atoms with Crippen LogP contribution in [0.1, 0.15) is 57.1 Å². The van der Waals surface area contributed by atoms with Gasteiger partial charge in [-0.1, -0.05) is 56.5 Å². The molecule has 2 aromatic carbocycles. The van der Waals surface area contributed by atoms with Gasteiger partial charge >= 0.3 is 0 Å². The predicted octanol–water partition coefficient (Wildman–Crippen LogP) is 4.49. The van der Waals surface area contributed by atoms with E-state index in [2.05, 4.69) is 36.3 Å². The van der Waals surface area contributed by atoms with Crippen LogP contribution in [0.15, 0.2) is 48.5 Å². The number of carbonyl (C=O) groups is 2. The second kappa shape index (κ2) is 13.3. The van der Waals surface area contributed by atoms with Crippen molar-refractivity contribution in [2.45, 2.75) is 71.1 Å². The molecule has 38 heavy (non-hydrogen) atoms. The number of anilines is 1. The molecule has 1 saturated carbocycles. The van der Waals surface area contributed by atoms with Gasteiger partial charge in [0, 0.05) is 42.7 Å². The Bertz CT molecular complexity index is 1070.